The molecule has 0 bridgehead atoms. The molecule has 1 N–H and O–H groups in total. The molecule has 9 heteroatoms. The van der Waals surface area contributed by atoms with E-state index in [1.54, 1.807) is 0 Å². The number of alkyl halides is 3. The van der Waals surface area contributed by atoms with Gasteiger partial charge < -0.3 is 9.84 Å². The first-order valence-electron chi connectivity index (χ1n) is 6.49. The highest BCUT2D eigenvalue weighted by atomic mass is 32.2. The van der Waals surface area contributed by atoms with Gasteiger partial charge in [0.1, 0.15) is 17.5 Å². The summed E-state index contributed by atoms with van der Waals surface area (Å²) in [7, 11) is -3.40. The van der Waals surface area contributed by atoms with E-state index in [1.165, 1.54) is 18.2 Å². The van der Waals surface area contributed by atoms with Crippen LogP contribution in [0.4, 0.5) is 17.6 Å². The second-order valence-corrected chi connectivity index (χ2v) is 6.73. The Balaban J connectivity index is 2.92. The smallest absolute Gasteiger partial charge is 0.420 e. The fourth-order valence-corrected chi connectivity index (χ4v) is 2.91. The number of methoxy groups -OCH3 is 1. The van der Waals surface area contributed by atoms with Gasteiger partial charge in [-0.05, 0) is 18.2 Å². The summed E-state index contributed by atoms with van der Waals surface area (Å²) in [5.74, 6) is -2.93. The van der Waals surface area contributed by atoms with Crippen molar-refractivity contribution in [1.29, 1.82) is 0 Å². The summed E-state index contributed by atoms with van der Waals surface area (Å²) in [5.41, 5.74) is -2.01. The number of aliphatic hydroxyl groups is 1. The molecule has 0 saturated heterocycles. The van der Waals surface area contributed by atoms with Crippen molar-refractivity contribution in [2.75, 3.05) is 13.0 Å². The molecule has 0 spiro atoms. The van der Waals surface area contributed by atoms with E-state index in [0.29, 0.717) is 6.07 Å². The number of benzene rings is 2. The quantitative estimate of drug-likeness (QED) is 0.846. The van der Waals surface area contributed by atoms with Crippen molar-refractivity contribution in [2.24, 2.45) is 0 Å². The van der Waals surface area contributed by atoms with E-state index in [1.807, 2.05) is 0 Å². The van der Waals surface area contributed by atoms with E-state index in [-0.39, 0.29) is 11.1 Å². The van der Waals surface area contributed by atoms with Crippen molar-refractivity contribution in [3.8, 4) is 16.9 Å². The van der Waals surface area contributed by atoms with Gasteiger partial charge >= 0.3 is 6.18 Å². The lowest BCUT2D eigenvalue weighted by Gasteiger charge is -2.18. The fraction of sp³-hybridized carbons (Fsp3) is 0.200. The molecule has 0 radical (unpaired) electrons. The van der Waals surface area contributed by atoms with Crippen molar-refractivity contribution in [3.63, 3.8) is 0 Å². The summed E-state index contributed by atoms with van der Waals surface area (Å²) in [6.45, 7) is 0. The molecule has 0 aromatic heterocycles. The molecule has 0 unspecified atom stereocenters. The first kappa shape index (κ1) is 18.2. The Morgan fingerprint density at radius 3 is 2.25 bits per heavy atom. The number of aliphatic hydroxyl groups excluding tert-OH is 1. The molecule has 0 aliphatic carbocycles. The van der Waals surface area contributed by atoms with Gasteiger partial charge in [0.15, 0.2) is 0 Å². The molecule has 2 aromatic carbocycles. The summed E-state index contributed by atoms with van der Waals surface area (Å²) in [6.07, 6.45) is -4.94. The number of hydrogen-bond acceptors (Lipinski definition) is 4. The predicted octanol–water partition coefficient (Wildman–Crippen LogP) is 3.24. The molecule has 0 aliphatic heterocycles. The Bertz CT molecular complexity index is 860. The Hall–Kier alpha value is -2.13. The molecule has 2 rings (SSSR count). The standard InChI is InChI=1S/C15H12F4O4S/c1-23-14-11(10-4-2-3-5-13(10)16)6-9(24(21,22)8-20)7-12(14)15(17,18)19/h2-7,20H,8H2,1H3. The molecular formula is C15H12F4O4S. The SMILES string of the molecule is COc1c(-c2ccccc2F)cc(S(=O)(=O)CO)cc1C(F)(F)F. The van der Waals surface area contributed by atoms with Gasteiger partial charge in [-0.2, -0.15) is 13.2 Å². The maximum absolute atomic E-state index is 14.0. The summed E-state index contributed by atoms with van der Waals surface area (Å²) in [5, 5.41) is 8.91. The lowest BCUT2D eigenvalue weighted by Crippen LogP contribution is -2.13. The Labute approximate surface area is 135 Å². The highest BCUT2D eigenvalue weighted by molar-refractivity contribution is 7.91. The van der Waals surface area contributed by atoms with Crippen molar-refractivity contribution in [2.45, 2.75) is 11.1 Å². The van der Waals surface area contributed by atoms with Crippen LogP contribution in [0.5, 0.6) is 5.75 Å². The summed E-state index contributed by atoms with van der Waals surface area (Å²) < 4.78 is 82.2. The van der Waals surface area contributed by atoms with Crippen molar-refractivity contribution >= 4 is 9.84 Å². The number of ether oxygens (including phenoxy) is 1. The van der Waals surface area contributed by atoms with Gasteiger partial charge in [-0.1, -0.05) is 18.2 Å². The normalized spacial score (nSPS) is 12.2. The van der Waals surface area contributed by atoms with Gasteiger partial charge in [0.25, 0.3) is 0 Å². The molecule has 2 aromatic rings. The van der Waals surface area contributed by atoms with E-state index in [2.05, 4.69) is 0 Å². The van der Waals surface area contributed by atoms with Gasteiger partial charge in [0, 0.05) is 11.1 Å². The minimum absolute atomic E-state index is 0.255. The zero-order chi connectivity index (χ0) is 18.1. The van der Waals surface area contributed by atoms with Crippen molar-refractivity contribution in [3.05, 3.63) is 47.8 Å². The summed E-state index contributed by atoms with van der Waals surface area (Å²) in [4.78, 5) is -0.781. The Kier molecular flexibility index (Phi) is 4.86. The van der Waals surface area contributed by atoms with E-state index in [9.17, 15) is 26.0 Å². The molecule has 0 fully saturated rings. The highest BCUT2D eigenvalue weighted by Crippen LogP contribution is 2.44. The van der Waals surface area contributed by atoms with Crippen LogP contribution in [0, 0.1) is 5.82 Å². The average molecular weight is 364 g/mol. The molecule has 0 amide bonds. The number of halogens is 4. The van der Waals surface area contributed by atoms with Crippen LogP contribution in [0.25, 0.3) is 11.1 Å². The van der Waals surface area contributed by atoms with Crippen LogP contribution in [0.3, 0.4) is 0 Å². The number of rotatable bonds is 4. The average Bonchev–Trinajstić information content (AvgIpc) is 2.53. The number of sulfone groups is 1. The number of hydrogen-bond donors (Lipinski definition) is 1. The Morgan fingerprint density at radius 1 is 1.12 bits per heavy atom. The molecule has 4 nitrogen and oxygen atoms in total. The lowest BCUT2D eigenvalue weighted by atomic mass is 10.0. The van der Waals surface area contributed by atoms with E-state index < -0.39 is 44.0 Å². The van der Waals surface area contributed by atoms with E-state index in [0.717, 1.165) is 19.2 Å². The maximum atomic E-state index is 14.0. The van der Waals surface area contributed by atoms with Crippen molar-refractivity contribution < 1.29 is 35.8 Å². The first-order chi connectivity index (χ1) is 11.1. The van der Waals surface area contributed by atoms with E-state index in [4.69, 9.17) is 9.84 Å². The summed E-state index contributed by atoms with van der Waals surface area (Å²) >= 11 is 0. The zero-order valence-electron chi connectivity index (χ0n) is 12.3. The second-order valence-electron chi connectivity index (χ2n) is 4.77. The van der Waals surface area contributed by atoms with Crippen LogP contribution in [-0.4, -0.2) is 26.6 Å². The molecular weight excluding hydrogens is 352 g/mol. The van der Waals surface area contributed by atoms with Crippen LogP contribution in [-0.2, 0) is 16.0 Å². The molecule has 0 heterocycles. The van der Waals surface area contributed by atoms with E-state index >= 15 is 0 Å². The lowest BCUT2D eigenvalue weighted by molar-refractivity contribution is -0.138. The molecule has 130 valence electrons. The third-order valence-electron chi connectivity index (χ3n) is 3.27. The van der Waals surface area contributed by atoms with Gasteiger partial charge in [0.2, 0.25) is 9.84 Å². The second kappa shape index (κ2) is 6.40. The zero-order valence-corrected chi connectivity index (χ0v) is 13.1. The first-order valence-corrected chi connectivity index (χ1v) is 8.14. The topological polar surface area (TPSA) is 63.6 Å². The largest absolute Gasteiger partial charge is 0.495 e. The van der Waals surface area contributed by atoms with Crippen LogP contribution < -0.4 is 4.74 Å². The molecule has 0 atom stereocenters. The van der Waals surface area contributed by atoms with Gasteiger partial charge in [0.05, 0.1) is 17.6 Å². The van der Waals surface area contributed by atoms with Gasteiger partial charge in [-0.25, -0.2) is 12.8 Å². The maximum Gasteiger partial charge on any atom is 0.420 e. The van der Waals surface area contributed by atoms with Crippen molar-refractivity contribution in [1.82, 2.24) is 0 Å². The fourth-order valence-electron chi connectivity index (χ4n) is 2.17. The Morgan fingerprint density at radius 2 is 1.75 bits per heavy atom. The summed E-state index contributed by atoms with van der Waals surface area (Å²) in [6, 6.07) is 6.15. The van der Waals surface area contributed by atoms with Gasteiger partial charge in [-0.3, -0.25) is 0 Å². The van der Waals surface area contributed by atoms with Crippen LogP contribution in [0.1, 0.15) is 5.56 Å². The van der Waals surface area contributed by atoms with Crippen LogP contribution in [0.15, 0.2) is 41.3 Å². The minimum atomic E-state index is -4.94. The van der Waals surface area contributed by atoms with Crippen LogP contribution >= 0.6 is 0 Å². The van der Waals surface area contributed by atoms with Crippen LogP contribution in [0.2, 0.25) is 0 Å². The third kappa shape index (κ3) is 3.36. The predicted molar refractivity (Wildman–Crippen MR) is 77.7 cm³/mol. The molecule has 24 heavy (non-hydrogen) atoms. The third-order valence-corrected chi connectivity index (χ3v) is 4.56. The highest BCUT2D eigenvalue weighted by Gasteiger charge is 2.37. The molecule has 0 saturated carbocycles. The van der Waals surface area contributed by atoms with Gasteiger partial charge in [-0.15, -0.1) is 0 Å². The molecule has 0 aliphatic rings. The minimum Gasteiger partial charge on any atom is -0.495 e. The monoisotopic (exact) mass is 364 g/mol.